The van der Waals surface area contributed by atoms with Crippen molar-refractivity contribution in [2.75, 3.05) is 0 Å². The molecule has 0 radical (unpaired) electrons. The van der Waals surface area contributed by atoms with Gasteiger partial charge in [0.05, 0.1) is 5.69 Å². The van der Waals surface area contributed by atoms with E-state index in [2.05, 4.69) is 18.9 Å². The maximum Gasteiger partial charge on any atom is 0.212 e. The SMILES string of the molecule is CCCCn1nc(CCC)cc1OCc1cc(F)ccc1F.Cl. The Hall–Kier alpha value is -1.62. The Balaban J connectivity index is 0.00000264. The predicted octanol–water partition coefficient (Wildman–Crippen LogP) is 4.91. The summed E-state index contributed by atoms with van der Waals surface area (Å²) >= 11 is 0. The van der Waals surface area contributed by atoms with Crippen LogP contribution in [0.1, 0.15) is 44.4 Å². The number of halogens is 3. The monoisotopic (exact) mass is 344 g/mol. The number of hydrogen-bond donors (Lipinski definition) is 0. The van der Waals surface area contributed by atoms with Crippen molar-refractivity contribution in [2.45, 2.75) is 52.7 Å². The van der Waals surface area contributed by atoms with Crippen molar-refractivity contribution in [1.82, 2.24) is 9.78 Å². The van der Waals surface area contributed by atoms with Crippen molar-refractivity contribution in [1.29, 1.82) is 0 Å². The van der Waals surface area contributed by atoms with Gasteiger partial charge in [0.1, 0.15) is 18.2 Å². The van der Waals surface area contributed by atoms with Crippen molar-refractivity contribution in [3.05, 3.63) is 47.2 Å². The summed E-state index contributed by atoms with van der Waals surface area (Å²) in [5.74, 6) is -0.318. The average Bonchev–Trinajstić information content (AvgIpc) is 2.88. The van der Waals surface area contributed by atoms with Crippen LogP contribution >= 0.6 is 12.4 Å². The van der Waals surface area contributed by atoms with Gasteiger partial charge in [-0.15, -0.1) is 12.4 Å². The van der Waals surface area contributed by atoms with Gasteiger partial charge in [-0.2, -0.15) is 5.10 Å². The summed E-state index contributed by atoms with van der Waals surface area (Å²) in [4.78, 5) is 0. The molecule has 0 aliphatic heterocycles. The highest BCUT2D eigenvalue weighted by molar-refractivity contribution is 5.85. The van der Waals surface area contributed by atoms with Gasteiger partial charge in [-0.1, -0.05) is 26.7 Å². The fourth-order valence-electron chi connectivity index (χ4n) is 2.22. The Bertz CT molecular complexity index is 617. The lowest BCUT2D eigenvalue weighted by atomic mass is 10.2. The predicted molar refractivity (Wildman–Crippen MR) is 89.1 cm³/mol. The first-order chi connectivity index (χ1) is 10.6. The second-order valence-corrected chi connectivity index (χ2v) is 5.33. The van der Waals surface area contributed by atoms with E-state index in [1.807, 2.05) is 10.7 Å². The van der Waals surface area contributed by atoms with Crippen LogP contribution in [0, 0.1) is 11.6 Å². The summed E-state index contributed by atoms with van der Waals surface area (Å²) in [6.45, 7) is 4.96. The topological polar surface area (TPSA) is 27.1 Å². The van der Waals surface area contributed by atoms with Crippen molar-refractivity contribution in [3.8, 4) is 5.88 Å². The minimum absolute atomic E-state index is 0. The number of hydrogen-bond acceptors (Lipinski definition) is 2. The zero-order chi connectivity index (χ0) is 15.9. The summed E-state index contributed by atoms with van der Waals surface area (Å²) in [7, 11) is 0. The number of ether oxygens (including phenoxy) is 1. The maximum atomic E-state index is 13.6. The Kier molecular flexibility index (Phi) is 8.03. The third kappa shape index (κ3) is 5.50. The molecule has 0 atom stereocenters. The molecule has 0 amide bonds. The molecule has 0 unspecified atom stereocenters. The lowest BCUT2D eigenvalue weighted by Crippen LogP contribution is -2.06. The first-order valence-electron chi connectivity index (χ1n) is 7.77. The molecular formula is C17H23ClF2N2O. The van der Waals surface area contributed by atoms with Crippen LogP contribution in [-0.4, -0.2) is 9.78 Å². The smallest absolute Gasteiger partial charge is 0.212 e. The normalized spacial score (nSPS) is 10.4. The molecule has 2 rings (SSSR count). The van der Waals surface area contributed by atoms with E-state index in [4.69, 9.17) is 4.74 Å². The molecule has 0 fully saturated rings. The summed E-state index contributed by atoms with van der Waals surface area (Å²) < 4.78 is 34.3. The summed E-state index contributed by atoms with van der Waals surface area (Å²) in [6.07, 6.45) is 3.94. The number of unbranched alkanes of at least 4 members (excludes halogenated alkanes) is 1. The molecule has 23 heavy (non-hydrogen) atoms. The molecule has 1 heterocycles. The van der Waals surface area contributed by atoms with E-state index in [0.717, 1.165) is 56.1 Å². The van der Waals surface area contributed by atoms with Crippen LogP contribution in [0.2, 0.25) is 0 Å². The van der Waals surface area contributed by atoms with Crippen LogP contribution in [0.5, 0.6) is 5.88 Å². The summed E-state index contributed by atoms with van der Waals surface area (Å²) in [5, 5.41) is 4.51. The van der Waals surface area contributed by atoms with Crippen LogP contribution < -0.4 is 4.74 Å². The molecule has 1 aromatic carbocycles. The highest BCUT2D eigenvalue weighted by Crippen LogP contribution is 2.19. The lowest BCUT2D eigenvalue weighted by Gasteiger charge is -2.09. The highest BCUT2D eigenvalue weighted by atomic mass is 35.5. The molecule has 0 bridgehead atoms. The van der Waals surface area contributed by atoms with E-state index in [1.54, 1.807) is 0 Å². The number of rotatable bonds is 8. The number of aromatic nitrogens is 2. The molecule has 2 aromatic rings. The molecule has 3 nitrogen and oxygen atoms in total. The molecule has 1 aromatic heterocycles. The lowest BCUT2D eigenvalue weighted by molar-refractivity contribution is 0.265. The van der Waals surface area contributed by atoms with Gasteiger partial charge in [0.15, 0.2) is 0 Å². The zero-order valence-corrected chi connectivity index (χ0v) is 14.3. The summed E-state index contributed by atoms with van der Waals surface area (Å²) in [5.41, 5.74) is 1.17. The van der Waals surface area contributed by atoms with E-state index < -0.39 is 11.6 Å². The first-order valence-corrected chi connectivity index (χ1v) is 7.77. The fraction of sp³-hybridized carbons (Fsp3) is 0.471. The van der Waals surface area contributed by atoms with Crippen LogP contribution in [-0.2, 0) is 19.6 Å². The van der Waals surface area contributed by atoms with Crippen LogP contribution in [0.3, 0.4) is 0 Å². The van der Waals surface area contributed by atoms with Gasteiger partial charge in [-0.05, 0) is 31.0 Å². The van der Waals surface area contributed by atoms with Gasteiger partial charge in [0, 0.05) is 18.2 Å². The van der Waals surface area contributed by atoms with E-state index in [0.29, 0.717) is 5.88 Å². The first kappa shape index (κ1) is 19.4. The van der Waals surface area contributed by atoms with Gasteiger partial charge < -0.3 is 4.74 Å². The minimum Gasteiger partial charge on any atom is -0.473 e. The van der Waals surface area contributed by atoms with Gasteiger partial charge in [-0.25, -0.2) is 13.5 Å². The fourth-order valence-corrected chi connectivity index (χ4v) is 2.22. The Labute approximate surface area is 142 Å². The second kappa shape index (κ2) is 9.50. The van der Waals surface area contributed by atoms with Crippen molar-refractivity contribution in [2.24, 2.45) is 0 Å². The molecule has 0 aliphatic carbocycles. The highest BCUT2D eigenvalue weighted by Gasteiger charge is 2.11. The molecule has 0 N–H and O–H groups in total. The van der Waals surface area contributed by atoms with Crippen LogP contribution in [0.15, 0.2) is 24.3 Å². The standard InChI is InChI=1S/C17H22F2N2O.ClH/c1-3-5-9-21-17(11-15(20-21)6-4-2)22-12-13-10-14(18)7-8-16(13)19;/h7-8,10-11H,3-6,9,12H2,1-2H3;1H. The number of nitrogens with zero attached hydrogens (tertiary/aromatic N) is 2. The van der Waals surface area contributed by atoms with E-state index >= 15 is 0 Å². The maximum absolute atomic E-state index is 13.6. The zero-order valence-electron chi connectivity index (χ0n) is 13.5. The van der Waals surface area contributed by atoms with Crippen LogP contribution in [0.25, 0.3) is 0 Å². The molecule has 128 valence electrons. The van der Waals surface area contributed by atoms with Crippen molar-refractivity contribution < 1.29 is 13.5 Å². The van der Waals surface area contributed by atoms with Crippen molar-refractivity contribution in [3.63, 3.8) is 0 Å². The minimum atomic E-state index is -0.467. The Morgan fingerprint density at radius 2 is 1.91 bits per heavy atom. The molecule has 0 spiro atoms. The molecule has 0 saturated carbocycles. The van der Waals surface area contributed by atoms with Crippen LogP contribution in [0.4, 0.5) is 8.78 Å². The summed E-state index contributed by atoms with van der Waals surface area (Å²) in [6, 6.07) is 5.26. The number of benzene rings is 1. The molecule has 0 saturated heterocycles. The van der Waals surface area contributed by atoms with Gasteiger partial charge in [0.2, 0.25) is 5.88 Å². The van der Waals surface area contributed by atoms with Gasteiger partial charge in [-0.3, -0.25) is 0 Å². The van der Waals surface area contributed by atoms with Gasteiger partial charge >= 0.3 is 0 Å². The second-order valence-electron chi connectivity index (χ2n) is 5.33. The average molecular weight is 345 g/mol. The van der Waals surface area contributed by atoms with Gasteiger partial charge in [0.25, 0.3) is 0 Å². The third-order valence-corrected chi connectivity index (χ3v) is 3.41. The molecular weight excluding hydrogens is 322 g/mol. The third-order valence-electron chi connectivity index (χ3n) is 3.41. The molecule has 6 heteroatoms. The Morgan fingerprint density at radius 1 is 1.13 bits per heavy atom. The number of aryl methyl sites for hydroxylation is 2. The quantitative estimate of drug-likeness (QED) is 0.680. The van der Waals surface area contributed by atoms with E-state index in [9.17, 15) is 8.78 Å². The molecule has 0 aliphatic rings. The van der Waals surface area contributed by atoms with Crippen molar-refractivity contribution >= 4 is 12.4 Å². The van der Waals surface area contributed by atoms with E-state index in [-0.39, 0.29) is 24.6 Å². The van der Waals surface area contributed by atoms with E-state index in [1.165, 1.54) is 0 Å². The largest absolute Gasteiger partial charge is 0.473 e. The Morgan fingerprint density at radius 3 is 2.61 bits per heavy atom.